The van der Waals surface area contributed by atoms with Crippen LogP contribution in [0.5, 0.6) is 0 Å². The Kier molecular flexibility index (Phi) is 4.55. The van der Waals surface area contributed by atoms with Crippen molar-refractivity contribution in [3.05, 3.63) is 29.8 Å². The number of hydrogen-bond donors (Lipinski definition) is 1. The van der Waals surface area contributed by atoms with Gasteiger partial charge >= 0.3 is 6.18 Å². The maximum Gasteiger partial charge on any atom is 0.401 e. The van der Waals surface area contributed by atoms with Gasteiger partial charge in [-0.05, 0) is 24.6 Å². The summed E-state index contributed by atoms with van der Waals surface area (Å²) in [6, 6.07) is 7.53. The Morgan fingerprint density at radius 1 is 1.30 bits per heavy atom. The summed E-state index contributed by atoms with van der Waals surface area (Å²) in [5, 5.41) is 0. The van der Waals surface area contributed by atoms with Crippen molar-refractivity contribution in [1.29, 1.82) is 0 Å². The van der Waals surface area contributed by atoms with Crippen LogP contribution in [0.2, 0.25) is 0 Å². The molecule has 0 aliphatic carbocycles. The molecule has 6 heteroatoms. The van der Waals surface area contributed by atoms with Crippen molar-refractivity contribution >= 4 is 5.69 Å². The van der Waals surface area contributed by atoms with Crippen molar-refractivity contribution in [2.24, 2.45) is 0 Å². The molecule has 1 aromatic carbocycles. The lowest BCUT2D eigenvalue weighted by atomic mass is 10.1. The Morgan fingerprint density at radius 3 is 2.65 bits per heavy atom. The third kappa shape index (κ3) is 4.38. The Balaban J connectivity index is 1.89. The van der Waals surface area contributed by atoms with E-state index in [0.717, 1.165) is 12.1 Å². The third-order valence-corrected chi connectivity index (χ3v) is 3.59. The van der Waals surface area contributed by atoms with E-state index in [0.29, 0.717) is 25.3 Å². The number of hydrogen-bond acceptors (Lipinski definition) is 3. The first-order valence-electron chi connectivity index (χ1n) is 6.71. The molecule has 0 saturated carbocycles. The predicted molar refractivity (Wildman–Crippen MR) is 73.2 cm³/mol. The van der Waals surface area contributed by atoms with Gasteiger partial charge in [-0.15, -0.1) is 0 Å². The van der Waals surface area contributed by atoms with Crippen LogP contribution in [0.1, 0.15) is 12.5 Å². The van der Waals surface area contributed by atoms with Gasteiger partial charge in [-0.25, -0.2) is 0 Å². The zero-order chi connectivity index (χ0) is 14.8. The predicted octanol–water partition coefficient (Wildman–Crippen LogP) is 2.34. The van der Waals surface area contributed by atoms with Crippen LogP contribution in [0.4, 0.5) is 18.9 Å². The van der Waals surface area contributed by atoms with Crippen molar-refractivity contribution in [2.75, 3.05) is 31.9 Å². The van der Waals surface area contributed by atoms with Crippen LogP contribution >= 0.6 is 0 Å². The maximum absolute atomic E-state index is 12.4. The van der Waals surface area contributed by atoms with Gasteiger partial charge < -0.3 is 5.73 Å². The van der Waals surface area contributed by atoms with E-state index in [1.165, 1.54) is 4.90 Å². The molecule has 0 aromatic heterocycles. The summed E-state index contributed by atoms with van der Waals surface area (Å²) in [6.07, 6.45) is -4.12. The van der Waals surface area contributed by atoms with Gasteiger partial charge in [0.05, 0.1) is 6.54 Å². The van der Waals surface area contributed by atoms with Crippen LogP contribution in [0.3, 0.4) is 0 Å². The molecule has 1 atom stereocenters. The highest BCUT2D eigenvalue weighted by atomic mass is 19.4. The summed E-state index contributed by atoms with van der Waals surface area (Å²) >= 11 is 0. The standard InChI is InChI=1S/C14H20F3N3/c1-11-8-19(5-6-20(11)10-14(15,16)17)9-12-3-2-4-13(18)7-12/h2-4,7,11H,5-6,8-10,18H2,1H3. The molecule has 0 spiro atoms. The quantitative estimate of drug-likeness (QED) is 0.866. The van der Waals surface area contributed by atoms with Crippen LogP contribution in [-0.4, -0.2) is 48.2 Å². The zero-order valence-electron chi connectivity index (χ0n) is 11.5. The highest BCUT2D eigenvalue weighted by Gasteiger charge is 2.34. The van der Waals surface area contributed by atoms with Gasteiger partial charge in [0.25, 0.3) is 0 Å². The molecule has 2 rings (SSSR count). The Hall–Kier alpha value is -1.27. The van der Waals surface area contributed by atoms with E-state index in [-0.39, 0.29) is 6.04 Å². The van der Waals surface area contributed by atoms with Crippen LogP contribution < -0.4 is 5.73 Å². The molecule has 1 heterocycles. The van der Waals surface area contributed by atoms with Gasteiger partial charge in [-0.1, -0.05) is 12.1 Å². The summed E-state index contributed by atoms with van der Waals surface area (Å²) in [5.41, 5.74) is 7.54. The summed E-state index contributed by atoms with van der Waals surface area (Å²) < 4.78 is 37.3. The molecule has 20 heavy (non-hydrogen) atoms. The van der Waals surface area contributed by atoms with E-state index in [2.05, 4.69) is 4.90 Å². The first-order valence-corrected chi connectivity index (χ1v) is 6.71. The highest BCUT2D eigenvalue weighted by Crippen LogP contribution is 2.21. The second-order valence-electron chi connectivity index (χ2n) is 5.41. The number of piperazine rings is 1. The fourth-order valence-electron chi connectivity index (χ4n) is 2.63. The minimum absolute atomic E-state index is 0.0913. The second kappa shape index (κ2) is 6.01. The fraction of sp³-hybridized carbons (Fsp3) is 0.571. The van der Waals surface area contributed by atoms with Gasteiger partial charge in [0, 0.05) is 37.9 Å². The van der Waals surface area contributed by atoms with Gasteiger partial charge in [0.15, 0.2) is 0 Å². The molecule has 1 aromatic rings. The van der Waals surface area contributed by atoms with Gasteiger partial charge in [0.2, 0.25) is 0 Å². The molecule has 1 unspecified atom stereocenters. The first kappa shape index (κ1) is 15.1. The van der Waals surface area contributed by atoms with Crippen molar-refractivity contribution in [1.82, 2.24) is 9.80 Å². The van der Waals surface area contributed by atoms with E-state index < -0.39 is 12.7 Å². The highest BCUT2D eigenvalue weighted by molar-refractivity contribution is 5.40. The van der Waals surface area contributed by atoms with Crippen molar-refractivity contribution in [3.8, 4) is 0 Å². The van der Waals surface area contributed by atoms with Gasteiger partial charge in [0.1, 0.15) is 0 Å². The topological polar surface area (TPSA) is 32.5 Å². The molecule has 0 bridgehead atoms. The molecule has 3 nitrogen and oxygen atoms in total. The average molecular weight is 287 g/mol. The van der Waals surface area contributed by atoms with Gasteiger partial charge in [-0.3, -0.25) is 9.80 Å². The van der Waals surface area contributed by atoms with Crippen LogP contribution in [0, 0.1) is 0 Å². The molecular weight excluding hydrogens is 267 g/mol. The summed E-state index contributed by atoms with van der Waals surface area (Å²) in [7, 11) is 0. The molecule has 1 aliphatic rings. The van der Waals surface area contributed by atoms with Crippen LogP contribution in [-0.2, 0) is 6.54 Å². The number of nitrogen functional groups attached to an aromatic ring is 1. The SMILES string of the molecule is CC1CN(Cc2cccc(N)c2)CCN1CC(F)(F)F. The van der Waals surface area contributed by atoms with Crippen molar-refractivity contribution in [2.45, 2.75) is 25.7 Å². The summed E-state index contributed by atoms with van der Waals surface area (Å²) in [6.45, 7) is 3.50. The summed E-state index contributed by atoms with van der Waals surface area (Å²) in [5.74, 6) is 0. The lowest BCUT2D eigenvalue weighted by molar-refractivity contribution is -0.155. The first-order chi connectivity index (χ1) is 9.33. The molecule has 1 fully saturated rings. The molecule has 112 valence electrons. The average Bonchev–Trinajstić information content (AvgIpc) is 2.31. The molecule has 1 saturated heterocycles. The summed E-state index contributed by atoms with van der Waals surface area (Å²) in [4.78, 5) is 3.67. The minimum Gasteiger partial charge on any atom is -0.399 e. The lowest BCUT2D eigenvalue weighted by Gasteiger charge is -2.40. The molecule has 0 amide bonds. The van der Waals surface area contributed by atoms with E-state index in [1.54, 1.807) is 0 Å². The number of alkyl halides is 3. The van der Waals surface area contributed by atoms with E-state index >= 15 is 0 Å². The minimum atomic E-state index is -4.12. The van der Waals surface area contributed by atoms with E-state index in [4.69, 9.17) is 5.73 Å². The third-order valence-electron chi connectivity index (χ3n) is 3.59. The van der Waals surface area contributed by atoms with Crippen LogP contribution in [0.25, 0.3) is 0 Å². The Morgan fingerprint density at radius 2 is 2.05 bits per heavy atom. The van der Waals surface area contributed by atoms with Crippen molar-refractivity contribution in [3.63, 3.8) is 0 Å². The molecule has 2 N–H and O–H groups in total. The fourth-order valence-corrected chi connectivity index (χ4v) is 2.63. The Bertz CT molecular complexity index is 448. The molecule has 1 aliphatic heterocycles. The number of nitrogens with zero attached hydrogens (tertiary/aromatic N) is 2. The number of rotatable bonds is 3. The Labute approximate surface area is 117 Å². The van der Waals surface area contributed by atoms with E-state index in [9.17, 15) is 13.2 Å². The lowest BCUT2D eigenvalue weighted by Crippen LogP contribution is -2.53. The zero-order valence-corrected chi connectivity index (χ0v) is 11.5. The van der Waals surface area contributed by atoms with Crippen molar-refractivity contribution < 1.29 is 13.2 Å². The number of nitrogens with two attached hydrogens (primary N) is 1. The number of benzene rings is 1. The second-order valence-corrected chi connectivity index (χ2v) is 5.41. The number of halogens is 3. The normalized spacial score (nSPS) is 22.1. The number of anilines is 1. The van der Waals surface area contributed by atoms with Crippen LogP contribution in [0.15, 0.2) is 24.3 Å². The molecular formula is C14H20F3N3. The maximum atomic E-state index is 12.4. The largest absolute Gasteiger partial charge is 0.401 e. The van der Waals surface area contributed by atoms with E-state index in [1.807, 2.05) is 31.2 Å². The molecule has 0 radical (unpaired) electrons. The monoisotopic (exact) mass is 287 g/mol. The van der Waals surface area contributed by atoms with Gasteiger partial charge in [-0.2, -0.15) is 13.2 Å². The smallest absolute Gasteiger partial charge is 0.399 e.